The molecule has 2 atom stereocenters. The van der Waals surface area contributed by atoms with Crippen LogP contribution >= 0.6 is 0 Å². The van der Waals surface area contributed by atoms with Gasteiger partial charge >= 0.3 is 0 Å². The Labute approximate surface area is 182 Å². The minimum atomic E-state index is 0.332. The number of aryl methyl sites for hydroxylation is 1. The highest BCUT2D eigenvalue weighted by molar-refractivity contribution is 5.90. The van der Waals surface area contributed by atoms with E-state index in [1.54, 1.807) is 6.33 Å². The number of aromatic amines is 1. The summed E-state index contributed by atoms with van der Waals surface area (Å²) < 4.78 is 1.87. The van der Waals surface area contributed by atoms with E-state index >= 15 is 0 Å². The third-order valence-electron chi connectivity index (χ3n) is 6.52. The van der Waals surface area contributed by atoms with Crippen LogP contribution in [0.3, 0.4) is 0 Å². The molecule has 162 valence electrons. The number of rotatable bonds is 3. The molecule has 7 nitrogen and oxygen atoms in total. The summed E-state index contributed by atoms with van der Waals surface area (Å²) in [5, 5.41) is 7.99. The van der Waals surface area contributed by atoms with Gasteiger partial charge in [0.2, 0.25) is 0 Å². The molecule has 5 rings (SSSR count). The van der Waals surface area contributed by atoms with Gasteiger partial charge in [-0.15, -0.1) is 0 Å². The van der Waals surface area contributed by atoms with Gasteiger partial charge in [0.15, 0.2) is 5.65 Å². The number of nitrogens with one attached hydrogen (secondary N) is 2. The average Bonchev–Trinajstić information content (AvgIpc) is 3.33. The average molecular weight is 418 g/mol. The number of H-pyrrole nitrogens is 1. The van der Waals surface area contributed by atoms with Crippen LogP contribution in [0.15, 0.2) is 24.7 Å². The molecule has 7 heteroatoms. The molecule has 1 aliphatic heterocycles. The van der Waals surface area contributed by atoms with Crippen molar-refractivity contribution in [1.82, 2.24) is 29.9 Å². The van der Waals surface area contributed by atoms with E-state index in [0.717, 1.165) is 52.4 Å². The first kappa shape index (κ1) is 20.0. The van der Waals surface area contributed by atoms with Crippen molar-refractivity contribution in [3.05, 3.63) is 41.3 Å². The van der Waals surface area contributed by atoms with Gasteiger partial charge < -0.3 is 15.2 Å². The molecule has 0 bridgehead atoms. The zero-order valence-corrected chi connectivity index (χ0v) is 19.2. The van der Waals surface area contributed by atoms with Crippen molar-refractivity contribution < 1.29 is 0 Å². The number of nitrogens with zero attached hydrogens (tertiary/aromatic N) is 5. The van der Waals surface area contributed by atoms with Crippen LogP contribution in [0, 0.1) is 13.8 Å². The van der Waals surface area contributed by atoms with Crippen molar-refractivity contribution in [2.24, 2.45) is 0 Å². The molecule has 0 aliphatic carbocycles. The van der Waals surface area contributed by atoms with E-state index in [-0.39, 0.29) is 0 Å². The Morgan fingerprint density at radius 2 is 1.81 bits per heavy atom. The zero-order chi connectivity index (χ0) is 21.9. The van der Waals surface area contributed by atoms with Gasteiger partial charge in [0.25, 0.3) is 0 Å². The lowest BCUT2D eigenvalue weighted by Gasteiger charge is -2.37. The first-order chi connectivity index (χ1) is 14.8. The van der Waals surface area contributed by atoms with E-state index in [0.29, 0.717) is 18.0 Å². The van der Waals surface area contributed by atoms with Gasteiger partial charge in [-0.3, -0.25) is 0 Å². The van der Waals surface area contributed by atoms with Crippen LogP contribution in [-0.4, -0.2) is 49.7 Å². The van der Waals surface area contributed by atoms with Gasteiger partial charge in [-0.05, 0) is 56.9 Å². The number of pyridine rings is 2. The number of piperazine rings is 1. The third kappa shape index (κ3) is 3.28. The summed E-state index contributed by atoms with van der Waals surface area (Å²) in [6.45, 7) is 15.2. The van der Waals surface area contributed by atoms with Gasteiger partial charge in [0.05, 0.1) is 16.7 Å². The van der Waals surface area contributed by atoms with Crippen LogP contribution in [0.4, 0.5) is 5.82 Å². The fourth-order valence-corrected chi connectivity index (χ4v) is 4.99. The molecule has 0 aromatic carbocycles. The van der Waals surface area contributed by atoms with Crippen molar-refractivity contribution >= 4 is 22.5 Å². The van der Waals surface area contributed by atoms with Crippen molar-refractivity contribution in [3.63, 3.8) is 0 Å². The third-order valence-corrected chi connectivity index (χ3v) is 6.52. The highest BCUT2D eigenvalue weighted by Crippen LogP contribution is 2.38. The van der Waals surface area contributed by atoms with Crippen molar-refractivity contribution in [1.29, 1.82) is 0 Å². The lowest BCUT2D eigenvalue weighted by atomic mass is 9.95. The molecule has 0 saturated carbocycles. The van der Waals surface area contributed by atoms with Crippen LogP contribution in [0.2, 0.25) is 0 Å². The number of hydrogen-bond donors (Lipinski definition) is 2. The minimum Gasteiger partial charge on any atom is -0.353 e. The highest BCUT2D eigenvalue weighted by atomic mass is 15.3. The standard InChI is InChI=1S/C24H31N7/c1-13(2)21-22(18-11-31-24(25-12-26-31)17(6)16(18)5)28-19-7-8-20(29-23(19)21)30-9-14(3)27-15(4)10-30/h7-8,11-15,27-28H,9-10H2,1-6H3/t14-,15-/m1/s1. The monoisotopic (exact) mass is 417 g/mol. The van der Waals surface area contributed by atoms with Gasteiger partial charge in [0, 0.05) is 42.5 Å². The SMILES string of the molecule is Cc1c(-c2[nH]c3ccc(N4C[C@@H](C)N[C@H](C)C4)nc3c2C(C)C)cn2ncnc2c1C. The molecule has 0 spiro atoms. The maximum absolute atomic E-state index is 5.17. The van der Waals surface area contributed by atoms with Crippen LogP contribution in [0.25, 0.3) is 27.9 Å². The fraction of sp³-hybridized carbons (Fsp3) is 0.458. The Bertz CT molecular complexity index is 1260. The predicted octanol–water partition coefficient (Wildman–Crippen LogP) is 4.20. The molecule has 1 aliphatic rings. The summed E-state index contributed by atoms with van der Waals surface area (Å²) >= 11 is 0. The summed E-state index contributed by atoms with van der Waals surface area (Å²) in [5.41, 5.74) is 8.98. The molecule has 5 heterocycles. The molecule has 2 N–H and O–H groups in total. The van der Waals surface area contributed by atoms with Gasteiger partial charge in [-0.2, -0.15) is 5.10 Å². The Morgan fingerprint density at radius 1 is 1.06 bits per heavy atom. The van der Waals surface area contributed by atoms with Crippen molar-refractivity contribution in [2.45, 2.75) is 59.5 Å². The summed E-state index contributed by atoms with van der Waals surface area (Å²) in [6.07, 6.45) is 3.70. The van der Waals surface area contributed by atoms with Crippen LogP contribution in [0.1, 0.15) is 50.3 Å². The zero-order valence-electron chi connectivity index (χ0n) is 19.2. The van der Waals surface area contributed by atoms with Gasteiger partial charge in [0.1, 0.15) is 12.1 Å². The number of hydrogen-bond acceptors (Lipinski definition) is 5. The van der Waals surface area contributed by atoms with E-state index in [9.17, 15) is 0 Å². The molecular formula is C24H31N7. The second kappa shape index (κ2) is 7.34. The molecule has 31 heavy (non-hydrogen) atoms. The number of fused-ring (bicyclic) bond motifs is 2. The normalized spacial score (nSPS) is 19.8. The summed E-state index contributed by atoms with van der Waals surface area (Å²) in [6, 6.07) is 5.23. The molecule has 1 fully saturated rings. The van der Waals surface area contributed by atoms with Gasteiger partial charge in [-0.1, -0.05) is 13.8 Å². The quantitative estimate of drug-likeness (QED) is 0.523. The lowest BCUT2D eigenvalue weighted by Crippen LogP contribution is -2.54. The second-order valence-corrected chi connectivity index (χ2v) is 9.33. The van der Waals surface area contributed by atoms with E-state index in [2.05, 4.69) is 85.2 Å². The number of aromatic nitrogens is 5. The molecule has 4 aromatic heterocycles. The fourth-order valence-electron chi connectivity index (χ4n) is 4.99. The maximum atomic E-state index is 5.17. The smallest absolute Gasteiger partial charge is 0.158 e. The molecule has 4 aromatic rings. The Morgan fingerprint density at radius 3 is 2.52 bits per heavy atom. The molecular weight excluding hydrogens is 386 g/mol. The van der Waals surface area contributed by atoms with Crippen molar-refractivity contribution in [2.75, 3.05) is 18.0 Å². The van der Waals surface area contributed by atoms with E-state index in [4.69, 9.17) is 4.98 Å². The van der Waals surface area contributed by atoms with E-state index < -0.39 is 0 Å². The number of anilines is 1. The Kier molecular flexibility index (Phi) is 4.73. The first-order valence-corrected chi connectivity index (χ1v) is 11.2. The summed E-state index contributed by atoms with van der Waals surface area (Å²) in [5.74, 6) is 1.39. The predicted molar refractivity (Wildman–Crippen MR) is 126 cm³/mol. The maximum Gasteiger partial charge on any atom is 0.158 e. The first-order valence-electron chi connectivity index (χ1n) is 11.2. The van der Waals surface area contributed by atoms with E-state index in [1.807, 2.05) is 4.52 Å². The lowest BCUT2D eigenvalue weighted by molar-refractivity contribution is 0.405. The van der Waals surface area contributed by atoms with Crippen LogP contribution in [0.5, 0.6) is 0 Å². The van der Waals surface area contributed by atoms with Crippen molar-refractivity contribution in [3.8, 4) is 11.3 Å². The van der Waals surface area contributed by atoms with Crippen LogP contribution in [-0.2, 0) is 0 Å². The molecule has 0 unspecified atom stereocenters. The summed E-state index contributed by atoms with van der Waals surface area (Å²) in [7, 11) is 0. The Balaban J connectivity index is 1.68. The topological polar surface area (TPSA) is 74.1 Å². The second-order valence-electron chi connectivity index (χ2n) is 9.33. The molecule has 1 saturated heterocycles. The largest absolute Gasteiger partial charge is 0.353 e. The van der Waals surface area contributed by atoms with Crippen LogP contribution < -0.4 is 10.2 Å². The molecule has 0 radical (unpaired) electrons. The summed E-state index contributed by atoms with van der Waals surface area (Å²) in [4.78, 5) is 15.7. The van der Waals surface area contributed by atoms with E-state index in [1.165, 1.54) is 11.1 Å². The minimum absolute atomic E-state index is 0.332. The van der Waals surface area contributed by atoms with Gasteiger partial charge in [-0.25, -0.2) is 14.5 Å². The molecule has 0 amide bonds. The Hall–Kier alpha value is -2.93. The highest BCUT2D eigenvalue weighted by Gasteiger charge is 2.24.